The molecule has 0 spiro atoms. The average Bonchev–Trinajstić information content (AvgIpc) is 3.01. The van der Waals surface area contributed by atoms with Crippen LogP contribution in [-0.4, -0.2) is 27.1 Å². The minimum absolute atomic E-state index is 0.155. The SMILES string of the molecule is CC(C(=O)N1CCCc2occc2C1)c1ccnn1C. The first kappa shape index (κ1) is 13.0. The second-order valence-electron chi connectivity index (χ2n) is 5.33. The van der Waals surface area contributed by atoms with Gasteiger partial charge in [-0.1, -0.05) is 0 Å². The number of rotatable bonds is 2. The minimum Gasteiger partial charge on any atom is -0.469 e. The van der Waals surface area contributed by atoms with Crippen LogP contribution < -0.4 is 0 Å². The van der Waals surface area contributed by atoms with Crippen LogP contribution in [0.25, 0.3) is 0 Å². The maximum Gasteiger partial charge on any atom is 0.231 e. The van der Waals surface area contributed by atoms with Gasteiger partial charge in [-0.2, -0.15) is 5.10 Å². The summed E-state index contributed by atoms with van der Waals surface area (Å²) in [4.78, 5) is 14.6. The molecule has 0 saturated heterocycles. The lowest BCUT2D eigenvalue weighted by Gasteiger charge is -2.24. The molecule has 0 aliphatic carbocycles. The van der Waals surface area contributed by atoms with E-state index in [1.807, 2.05) is 31.0 Å². The number of nitrogens with zero attached hydrogens (tertiary/aromatic N) is 3. The van der Waals surface area contributed by atoms with E-state index in [0.29, 0.717) is 6.54 Å². The van der Waals surface area contributed by atoms with Crippen LogP contribution in [0.2, 0.25) is 0 Å². The van der Waals surface area contributed by atoms with Gasteiger partial charge >= 0.3 is 0 Å². The summed E-state index contributed by atoms with van der Waals surface area (Å²) in [7, 11) is 1.87. The molecule has 0 saturated carbocycles. The van der Waals surface area contributed by atoms with Crippen molar-refractivity contribution >= 4 is 5.91 Å². The fraction of sp³-hybridized carbons (Fsp3) is 0.467. The highest BCUT2D eigenvalue weighted by Crippen LogP contribution is 2.23. The Morgan fingerprint density at radius 3 is 3.05 bits per heavy atom. The lowest BCUT2D eigenvalue weighted by atomic mass is 10.1. The molecule has 0 fully saturated rings. The van der Waals surface area contributed by atoms with Crippen molar-refractivity contribution in [3.8, 4) is 0 Å². The van der Waals surface area contributed by atoms with Crippen LogP contribution in [0.1, 0.15) is 36.3 Å². The molecule has 106 valence electrons. The zero-order valence-corrected chi connectivity index (χ0v) is 11.9. The number of furan rings is 1. The molecule has 3 heterocycles. The lowest BCUT2D eigenvalue weighted by Crippen LogP contribution is -2.34. The van der Waals surface area contributed by atoms with Crippen molar-refractivity contribution in [3.05, 3.63) is 41.6 Å². The molecule has 1 amide bonds. The number of fused-ring (bicyclic) bond motifs is 1. The topological polar surface area (TPSA) is 51.3 Å². The van der Waals surface area contributed by atoms with E-state index in [-0.39, 0.29) is 11.8 Å². The van der Waals surface area contributed by atoms with E-state index >= 15 is 0 Å². The molecule has 20 heavy (non-hydrogen) atoms. The molecule has 1 aliphatic rings. The van der Waals surface area contributed by atoms with Gasteiger partial charge in [0.15, 0.2) is 0 Å². The summed E-state index contributed by atoms with van der Waals surface area (Å²) >= 11 is 0. The summed E-state index contributed by atoms with van der Waals surface area (Å²) < 4.78 is 7.23. The van der Waals surface area contributed by atoms with E-state index in [0.717, 1.165) is 36.4 Å². The van der Waals surface area contributed by atoms with Crippen molar-refractivity contribution in [1.82, 2.24) is 14.7 Å². The van der Waals surface area contributed by atoms with Gasteiger partial charge in [0.05, 0.1) is 17.9 Å². The highest BCUT2D eigenvalue weighted by molar-refractivity contribution is 5.83. The molecule has 0 radical (unpaired) electrons. The van der Waals surface area contributed by atoms with Gasteiger partial charge in [0, 0.05) is 38.3 Å². The summed E-state index contributed by atoms with van der Waals surface area (Å²) in [5.41, 5.74) is 2.08. The maximum absolute atomic E-state index is 12.7. The maximum atomic E-state index is 12.7. The van der Waals surface area contributed by atoms with Crippen LogP contribution in [0.15, 0.2) is 29.0 Å². The highest BCUT2D eigenvalue weighted by atomic mass is 16.3. The summed E-state index contributed by atoms with van der Waals surface area (Å²) in [6.07, 6.45) is 5.30. The monoisotopic (exact) mass is 273 g/mol. The largest absolute Gasteiger partial charge is 0.469 e. The van der Waals surface area contributed by atoms with Gasteiger partial charge in [0.2, 0.25) is 5.91 Å². The Kier molecular flexibility index (Phi) is 3.34. The number of aromatic nitrogens is 2. The Morgan fingerprint density at radius 1 is 1.45 bits per heavy atom. The van der Waals surface area contributed by atoms with Crippen molar-refractivity contribution in [2.45, 2.75) is 32.2 Å². The fourth-order valence-electron chi connectivity index (χ4n) is 2.84. The second kappa shape index (κ2) is 5.15. The van der Waals surface area contributed by atoms with Crippen LogP contribution in [0.3, 0.4) is 0 Å². The summed E-state index contributed by atoms with van der Waals surface area (Å²) in [6.45, 7) is 3.37. The van der Waals surface area contributed by atoms with E-state index in [1.165, 1.54) is 0 Å². The van der Waals surface area contributed by atoms with Crippen molar-refractivity contribution in [2.24, 2.45) is 7.05 Å². The van der Waals surface area contributed by atoms with E-state index < -0.39 is 0 Å². The molecule has 2 aromatic heterocycles. The fourth-order valence-corrected chi connectivity index (χ4v) is 2.84. The zero-order chi connectivity index (χ0) is 14.1. The van der Waals surface area contributed by atoms with Gasteiger partial charge in [-0.25, -0.2) is 0 Å². The molecule has 5 heteroatoms. The Bertz CT molecular complexity index is 614. The van der Waals surface area contributed by atoms with E-state index in [1.54, 1.807) is 17.1 Å². The summed E-state index contributed by atoms with van der Waals surface area (Å²) in [6, 6.07) is 3.87. The Hall–Kier alpha value is -2.04. The zero-order valence-electron chi connectivity index (χ0n) is 11.9. The first-order chi connectivity index (χ1) is 9.66. The summed E-state index contributed by atoms with van der Waals surface area (Å²) in [5, 5.41) is 4.14. The lowest BCUT2D eigenvalue weighted by molar-refractivity contribution is -0.133. The van der Waals surface area contributed by atoms with Crippen molar-refractivity contribution in [2.75, 3.05) is 6.54 Å². The molecule has 0 bridgehead atoms. The van der Waals surface area contributed by atoms with Crippen molar-refractivity contribution in [3.63, 3.8) is 0 Å². The predicted octanol–water partition coefficient (Wildman–Crippen LogP) is 2.09. The summed E-state index contributed by atoms with van der Waals surface area (Å²) in [5.74, 6) is 1.01. The second-order valence-corrected chi connectivity index (χ2v) is 5.33. The number of amides is 1. The number of hydrogen-bond donors (Lipinski definition) is 0. The molecule has 5 nitrogen and oxygen atoms in total. The van der Waals surface area contributed by atoms with Crippen LogP contribution >= 0.6 is 0 Å². The first-order valence-electron chi connectivity index (χ1n) is 6.98. The third-order valence-corrected chi connectivity index (χ3v) is 4.02. The van der Waals surface area contributed by atoms with Gasteiger partial charge in [-0.3, -0.25) is 9.48 Å². The molecule has 1 aliphatic heterocycles. The van der Waals surface area contributed by atoms with Crippen LogP contribution in [-0.2, 0) is 24.8 Å². The molecule has 0 N–H and O–H groups in total. The minimum atomic E-state index is -0.170. The molecule has 1 atom stereocenters. The van der Waals surface area contributed by atoms with Gasteiger partial charge in [0.1, 0.15) is 5.76 Å². The number of hydrogen-bond acceptors (Lipinski definition) is 3. The Morgan fingerprint density at radius 2 is 2.30 bits per heavy atom. The van der Waals surface area contributed by atoms with Gasteiger partial charge in [-0.05, 0) is 25.5 Å². The normalized spacial score (nSPS) is 16.6. The van der Waals surface area contributed by atoms with Crippen LogP contribution in [0, 0.1) is 0 Å². The van der Waals surface area contributed by atoms with Crippen LogP contribution in [0.5, 0.6) is 0 Å². The molecule has 1 unspecified atom stereocenters. The third kappa shape index (κ3) is 2.24. The smallest absolute Gasteiger partial charge is 0.231 e. The number of carbonyl (C=O) groups is 1. The molecule has 2 aromatic rings. The van der Waals surface area contributed by atoms with Gasteiger partial charge in [0.25, 0.3) is 0 Å². The number of aryl methyl sites for hydroxylation is 2. The molecule has 3 rings (SSSR count). The average molecular weight is 273 g/mol. The third-order valence-electron chi connectivity index (χ3n) is 4.02. The predicted molar refractivity (Wildman–Crippen MR) is 74.1 cm³/mol. The Balaban J connectivity index is 1.79. The van der Waals surface area contributed by atoms with Gasteiger partial charge < -0.3 is 9.32 Å². The van der Waals surface area contributed by atoms with Crippen molar-refractivity contribution < 1.29 is 9.21 Å². The van der Waals surface area contributed by atoms with Crippen LogP contribution in [0.4, 0.5) is 0 Å². The Labute approximate surface area is 118 Å². The van der Waals surface area contributed by atoms with E-state index in [2.05, 4.69) is 5.10 Å². The standard InChI is InChI=1S/C15H19N3O2/c1-11(13-5-7-16-17(13)2)15(19)18-8-3-4-14-12(10-18)6-9-20-14/h5-7,9,11H,3-4,8,10H2,1-2H3. The highest BCUT2D eigenvalue weighted by Gasteiger charge is 2.26. The van der Waals surface area contributed by atoms with Crippen molar-refractivity contribution in [1.29, 1.82) is 0 Å². The number of carbonyl (C=O) groups excluding carboxylic acids is 1. The first-order valence-corrected chi connectivity index (χ1v) is 6.98. The molecular formula is C15H19N3O2. The quantitative estimate of drug-likeness (QED) is 0.842. The van der Waals surface area contributed by atoms with E-state index in [9.17, 15) is 4.79 Å². The molecule has 0 aromatic carbocycles. The van der Waals surface area contributed by atoms with Gasteiger partial charge in [-0.15, -0.1) is 0 Å². The van der Waals surface area contributed by atoms with E-state index in [4.69, 9.17) is 4.42 Å². The molecular weight excluding hydrogens is 254 g/mol.